The molecule has 2 rings (SSSR count). The van der Waals surface area contributed by atoms with Crippen molar-refractivity contribution in [2.75, 3.05) is 5.73 Å². The first-order valence-corrected chi connectivity index (χ1v) is 4.89. The summed E-state index contributed by atoms with van der Waals surface area (Å²) in [6.07, 6.45) is 1.09. The average molecular weight is 209 g/mol. The lowest BCUT2D eigenvalue weighted by Crippen LogP contribution is -1.98. The number of halogens is 1. The summed E-state index contributed by atoms with van der Waals surface area (Å²) >= 11 is 1.44. The highest BCUT2D eigenvalue weighted by atomic mass is 32.1. The fourth-order valence-electron chi connectivity index (χ4n) is 1.16. The highest BCUT2D eigenvalue weighted by Gasteiger charge is 2.11. The van der Waals surface area contributed by atoms with Crippen LogP contribution in [-0.2, 0) is 0 Å². The quantitative estimate of drug-likeness (QED) is 0.783. The molecule has 0 amide bonds. The fourth-order valence-corrected chi connectivity index (χ4v) is 2.07. The second-order valence-electron chi connectivity index (χ2n) is 2.86. The largest absolute Gasteiger partial charge is 0.368 e. The lowest BCUT2D eigenvalue weighted by molar-refractivity contribution is 0.619. The zero-order valence-corrected chi connectivity index (χ0v) is 8.31. The van der Waals surface area contributed by atoms with Gasteiger partial charge in [0.25, 0.3) is 0 Å². The van der Waals surface area contributed by atoms with Gasteiger partial charge in [-0.15, -0.1) is 11.3 Å². The van der Waals surface area contributed by atoms with Crippen molar-refractivity contribution in [3.63, 3.8) is 0 Å². The minimum Gasteiger partial charge on any atom is -0.368 e. The number of aromatic nitrogens is 2. The molecule has 0 unspecified atom stereocenters. The van der Waals surface area contributed by atoms with Crippen LogP contribution >= 0.6 is 11.3 Å². The molecule has 0 aliphatic carbocycles. The van der Waals surface area contributed by atoms with E-state index >= 15 is 0 Å². The third-order valence-electron chi connectivity index (χ3n) is 1.84. The van der Waals surface area contributed by atoms with Crippen molar-refractivity contribution < 1.29 is 4.39 Å². The van der Waals surface area contributed by atoms with Gasteiger partial charge >= 0.3 is 0 Å². The van der Waals surface area contributed by atoms with E-state index < -0.39 is 5.82 Å². The molecule has 14 heavy (non-hydrogen) atoms. The van der Waals surface area contributed by atoms with Crippen LogP contribution in [0.2, 0.25) is 0 Å². The van der Waals surface area contributed by atoms with Gasteiger partial charge in [-0.2, -0.15) is 0 Å². The number of anilines is 1. The molecule has 0 saturated carbocycles. The maximum Gasteiger partial charge on any atom is 0.220 e. The van der Waals surface area contributed by atoms with Crippen molar-refractivity contribution >= 4 is 17.3 Å². The van der Waals surface area contributed by atoms with Crippen LogP contribution in [0.4, 0.5) is 10.3 Å². The summed E-state index contributed by atoms with van der Waals surface area (Å²) in [5.41, 5.74) is 6.67. The maximum atomic E-state index is 13.3. The van der Waals surface area contributed by atoms with Gasteiger partial charge in [-0.3, -0.25) is 0 Å². The predicted molar refractivity (Wildman–Crippen MR) is 54.5 cm³/mol. The minimum absolute atomic E-state index is 0.0919. The summed E-state index contributed by atoms with van der Waals surface area (Å²) in [6.45, 7) is 1.91. The Kier molecular flexibility index (Phi) is 2.17. The van der Waals surface area contributed by atoms with E-state index in [9.17, 15) is 4.39 Å². The van der Waals surface area contributed by atoms with Crippen LogP contribution < -0.4 is 5.73 Å². The molecule has 0 atom stereocenters. The van der Waals surface area contributed by atoms with Crippen molar-refractivity contribution in [1.29, 1.82) is 0 Å². The number of aryl methyl sites for hydroxylation is 1. The van der Waals surface area contributed by atoms with Gasteiger partial charge in [-0.25, -0.2) is 14.4 Å². The van der Waals surface area contributed by atoms with Gasteiger partial charge in [0, 0.05) is 0 Å². The smallest absolute Gasteiger partial charge is 0.220 e. The molecule has 5 heteroatoms. The van der Waals surface area contributed by atoms with Crippen LogP contribution in [0.3, 0.4) is 0 Å². The molecule has 0 saturated heterocycles. The van der Waals surface area contributed by atoms with Gasteiger partial charge in [0.2, 0.25) is 5.95 Å². The molecule has 72 valence electrons. The van der Waals surface area contributed by atoms with E-state index in [1.54, 1.807) is 0 Å². The molecule has 2 aromatic heterocycles. The maximum absolute atomic E-state index is 13.3. The van der Waals surface area contributed by atoms with E-state index in [1.165, 1.54) is 11.3 Å². The number of nitrogens with zero attached hydrogens (tertiary/aromatic N) is 2. The monoisotopic (exact) mass is 209 g/mol. The Morgan fingerprint density at radius 1 is 1.50 bits per heavy atom. The molecule has 0 aromatic carbocycles. The summed E-state index contributed by atoms with van der Waals surface area (Å²) in [5.74, 6) is -0.348. The second-order valence-corrected chi connectivity index (χ2v) is 3.77. The molecule has 2 aromatic rings. The van der Waals surface area contributed by atoms with Gasteiger partial charge in [-0.05, 0) is 23.9 Å². The molecule has 0 radical (unpaired) electrons. The summed E-state index contributed by atoms with van der Waals surface area (Å²) in [4.78, 5) is 8.26. The normalized spacial score (nSPS) is 10.4. The third-order valence-corrected chi connectivity index (χ3v) is 2.86. The van der Waals surface area contributed by atoms with Gasteiger partial charge in [-0.1, -0.05) is 0 Å². The first-order valence-electron chi connectivity index (χ1n) is 4.01. The van der Waals surface area contributed by atoms with E-state index in [0.717, 1.165) is 16.6 Å². The van der Waals surface area contributed by atoms with Gasteiger partial charge in [0.05, 0.1) is 11.1 Å². The SMILES string of the molecule is Cc1ccsc1-c1nc(N)ncc1F. The predicted octanol–water partition coefficient (Wildman–Crippen LogP) is 2.23. The summed E-state index contributed by atoms with van der Waals surface area (Å²) < 4.78 is 13.3. The van der Waals surface area contributed by atoms with Crippen LogP contribution in [0, 0.1) is 12.7 Å². The molecule has 3 nitrogen and oxygen atoms in total. The highest BCUT2D eigenvalue weighted by Crippen LogP contribution is 2.29. The molecule has 0 aliphatic heterocycles. The number of hydrogen-bond donors (Lipinski definition) is 1. The Morgan fingerprint density at radius 2 is 2.29 bits per heavy atom. The van der Waals surface area contributed by atoms with E-state index in [0.29, 0.717) is 0 Å². The van der Waals surface area contributed by atoms with Crippen LogP contribution in [0.15, 0.2) is 17.6 Å². The van der Waals surface area contributed by atoms with E-state index in [-0.39, 0.29) is 11.6 Å². The Bertz CT molecular complexity index is 467. The average Bonchev–Trinajstić information content (AvgIpc) is 2.56. The number of nitrogen functional groups attached to an aromatic ring is 1. The van der Waals surface area contributed by atoms with Crippen molar-refractivity contribution in [3.05, 3.63) is 29.0 Å². The second kappa shape index (κ2) is 3.34. The molecule has 2 heterocycles. The van der Waals surface area contributed by atoms with Crippen LogP contribution in [-0.4, -0.2) is 9.97 Å². The Morgan fingerprint density at radius 3 is 2.93 bits per heavy atom. The Labute approximate surface area is 84.4 Å². The minimum atomic E-state index is -0.440. The van der Waals surface area contributed by atoms with Crippen molar-refractivity contribution in [1.82, 2.24) is 9.97 Å². The molecule has 0 fully saturated rings. The molecular weight excluding hydrogens is 201 g/mol. The Balaban J connectivity index is 2.62. The fraction of sp³-hybridized carbons (Fsp3) is 0.111. The van der Waals surface area contributed by atoms with Crippen molar-refractivity contribution in [3.8, 4) is 10.6 Å². The molecule has 2 N–H and O–H groups in total. The van der Waals surface area contributed by atoms with Crippen LogP contribution in [0.5, 0.6) is 0 Å². The number of nitrogens with two attached hydrogens (primary N) is 1. The van der Waals surface area contributed by atoms with E-state index in [4.69, 9.17) is 5.73 Å². The summed E-state index contributed by atoms with van der Waals surface area (Å²) in [6, 6.07) is 1.91. The lowest BCUT2D eigenvalue weighted by Gasteiger charge is -2.01. The topological polar surface area (TPSA) is 51.8 Å². The third kappa shape index (κ3) is 1.46. The summed E-state index contributed by atoms with van der Waals surface area (Å²) in [7, 11) is 0. The van der Waals surface area contributed by atoms with Crippen molar-refractivity contribution in [2.45, 2.75) is 6.92 Å². The molecule has 0 aliphatic rings. The zero-order chi connectivity index (χ0) is 10.1. The van der Waals surface area contributed by atoms with Crippen LogP contribution in [0.1, 0.15) is 5.56 Å². The number of hydrogen-bond acceptors (Lipinski definition) is 4. The molecule has 0 spiro atoms. The molecule has 0 bridgehead atoms. The molecular formula is C9H8FN3S. The standard InChI is InChI=1S/C9H8FN3S/c1-5-2-3-14-8(5)7-6(10)4-12-9(11)13-7/h2-4H,1H3,(H2,11,12,13). The van der Waals surface area contributed by atoms with E-state index in [1.807, 2.05) is 18.4 Å². The number of rotatable bonds is 1. The Hall–Kier alpha value is -1.49. The van der Waals surface area contributed by atoms with E-state index in [2.05, 4.69) is 9.97 Å². The van der Waals surface area contributed by atoms with Gasteiger partial charge < -0.3 is 5.73 Å². The zero-order valence-electron chi connectivity index (χ0n) is 7.49. The first kappa shape index (κ1) is 9.08. The first-order chi connectivity index (χ1) is 6.68. The van der Waals surface area contributed by atoms with Crippen LogP contribution in [0.25, 0.3) is 10.6 Å². The van der Waals surface area contributed by atoms with Gasteiger partial charge in [0.1, 0.15) is 5.69 Å². The summed E-state index contributed by atoms with van der Waals surface area (Å²) in [5, 5.41) is 1.89. The highest BCUT2D eigenvalue weighted by molar-refractivity contribution is 7.13. The lowest BCUT2D eigenvalue weighted by atomic mass is 10.2. The van der Waals surface area contributed by atoms with Crippen molar-refractivity contribution in [2.24, 2.45) is 0 Å². The van der Waals surface area contributed by atoms with Gasteiger partial charge in [0.15, 0.2) is 5.82 Å². The number of thiophene rings is 1.